The molecule has 0 saturated carbocycles. The molecule has 0 amide bonds. The molecule has 0 radical (unpaired) electrons. The molecule has 0 spiro atoms. The molecule has 126 valence electrons. The highest BCUT2D eigenvalue weighted by Gasteiger charge is 2.09. The number of aromatic nitrogens is 4. The van der Waals surface area contributed by atoms with Crippen molar-refractivity contribution in [2.24, 2.45) is 0 Å². The van der Waals surface area contributed by atoms with Crippen LogP contribution in [0.4, 0.5) is 5.82 Å². The summed E-state index contributed by atoms with van der Waals surface area (Å²) in [7, 11) is -3.22. The first-order valence-corrected chi connectivity index (χ1v) is 9.34. The standard InChI is InChI=1S/C15H18N6O2S/c1-24(22,23)17-10-9-15-19-18-14-8-7-13(20-21(14)15)16-11-12-5-3-2-4-6-12/h2-8,17H,9-11H2,1H3,(H,16,20). The van der Waals surface area contributed by atoms with Gasteiger partial charge in [-0.1, -0.05) is 30.3 Å². The first kappa shape index (κ1) is 16.3. The highest BCUT2D eigenvalue weighted by molar-refractivity contribution is 7.88. The van der Waals surface area contributed by atoms with E-state index in [2.05, 4.69) is 25.3 Å². The van der Waals surface area contributed by atoms with Crippen LogP contribution in [0.15, 0.2) is 42.5 Å². The van der Waals surface area contributed by atoms with Crippen LogP contribution in [-0.2, 0) is 23.0 Å². The fourth-order valence-corrected chi connectivity index (χ4v) is 2.69. The second-order valence-corrected chi connectivity index (χ2v) is 7.19. The summed E-state index contributed by atoms with van der Waals surface area (Å²) in [6.07, 6.45) is 1.53. The van der Waals surface area contributed by atoms with E-state index < -0.39 is 10.0 Å². The maximum absolute atomic E-state index is 11.1. The summed E-state index contributed by atoms with van der Waals surface area (Å²) in [6, 6.07) is 13.7. The second-order valence-electron chi connectivity index (χ2n) is 5.36. The molecule has 3 aromatic rings. The van der Waals surface area contributed by atoms with E-state index in [0.29, 0.717) is 30.3 Å². The molecule has 0 aliphatic rings. The van der Waals surface area contributed by atoms with Gasteiger partial charge >= 0.3 is 0 Å². The molecule has 0 atom stereocenters. The molecular weight excluding hydrogens is 328 g/mol. The van der Waals surface area contributed by atoms with E-state index in [4.69, 9.17) is 0 Å². The van der Waals surface area contributed by atoms with Gasteiger partial charge in [0.05, 0.1) is 6.26 Å². The minimum absolute atomic E-state index is 0.253. The monoisotopic (exact) mass is 346 g/mol. The van der Waals surface area contributed by atoms with Crippen molar-refractivity contribution in [3.63, 3.8) is 0 Å². The molecule has 0 aliphatic heterocycles. The van der Waals surface area contributed by atoms with Crippen molar-refractivity contribution < 1.29 is 8.42 Å². The van der Waals surface area contributed by atoms with E-state index in [1.807, 2.05) is 42.5 Å². The van der Waals surface area contributed by atoms with Crippen molar-refractivity contribution in [3.8, 4) is 0 Å². The topological polar surface area (TPSA) is 101 Å². The summed E-state index contributed by atoms with van der Waals surface area (Å²) in [5, 5.41) is 15.8. The van der Waals surface area contributed by atoms with Crippen molar-refractivity contribution in [1.82, 2.24) is 24.5 Å². The molecule has 9 heteroatoms. The van der Waals surface area contributed by atoms with Gasteiger partial charge in [-0.3, -0.25) is 0 Å². The molecule has 3 rings (SSSR count). The first-order valence-electron chi connectivity index (χ1n) is 7.45. The number of nitrogens with one attached hydrogen (secondary N) is 2. The Balaban J connectivity index is 1.71. The highest BCUT2D eigenvalue weighted by atomic mass is 32.2. The van der Waals surface area contributed by atoms with Crippen molar-refractivity contribution in [1.29, 1.82) is 0 Å². The number of nitrogens with zero attached hydrogens (tertiary/aromatic N) is 4. The van der Waals surface area contributed by atoms with Crippen LogP contribution >= 0.6 is 0 Å². The van der Waals surface area contributed by atoms with Gasteiger partial charge in [0.15, 0.2) is 11.5 Å². The molecule has 0 saturated heterocycles. The van der Waals surface area contributed by atoms with Gasteiger partial charge in [-0.15, -0.1) is 15.3 Å². The zero-order valence-corrected chi connectivity index (χ0v) is 14.0. The number of sulfonamides is 1. The SMILES string of the molecule is CS(=O)(=O)NCCc1nnc2ccc(NCc3ccccc3)nn12. The van der Waals surface area contributed by atoms with Crippen LogP contribution in [0.5, 0.6) is 0 Å². The van der Waals surface area contributed by atoms with Gasteiger partial charge in [-0.05, 0) is 17.7 Å². The largest absolute Gasteiger partial charge is 0.365 e. The number of anilines is 1. The summed E-state index contributed by atoms with van der Waals surface area (Å²) < 4.78 is 26.3. The van der Waals surface area contributed by atoms with Gasteiger partial charge in [0.1, 0.15) is 5.82 Å². The molecule has 2 heterocycles. The molecule has 8 nitrogen and oxygen atoms in total. The van der Waals surface area contributed by atoms with Crippen molar-refractivity contribution >= 4 is 21.5 Å². The Morgan fingerprint density at radius 1 is 1.08 bits per heavy atom. The smallest absolute Gasteiger partial charge is 0.208 e. The summed E-state index contributed by atoms with van der Waals surface area (Å²) >= 11 is 0. The van der Waals surface area contributed by atoms with E-state index >= 15 is 0 Å². The molecule has 2 aromatic heterocycles. The van der Waals surface area contributed by atoms with Crippen LogP contribution in [0.2, 0.25) is 0 Å². The highest BCUT2D eigenvalue weighted by Crippen LogP contribution is 2.09. The van der Waals surface area contributed by atoms with Crippen molar-refractivity contribution in [3.05, 3.63) is 53.9 Å². The maximum atomic E-state index is 11.1. The van der Waals surface area contributed by atoms with Crippen LogP contribution in [0, 0.1) is 0 Å². The third kappa shape index (κ3) is 4.27. The van der Waals surface area contributed by atoms with Gasteiger partial charge in [0, 0.05) is 19.5 Å². The first-order chi connectivity index (χ1) is 11.5. The van der Waals surface area contributed by atoms with E-state index in [0.717, 1.165) is 11.8 Å². The molecule has 0 unspecified atom stereocenters. The lowest BCUT2D eigenvalue weighted by Crippen LogP contribution is -2.25. The fraction of sp³-hybridized carbons (Fsp3) is 0.267. The molecule has 2 N–H and O–H groups in total. The minimum atomic E-state index is -3.22. The van der Waals surface area contributed by atoms with E-state index in [-0.39, 0.29) is 6.54 Å². The van der Waals surface area contributed by atoms with Crippen LogP contribution in [-0.4, -0.2) is 41.0 Å². The Labute approximate surface area is 140 Å². The van der Waals surface area contributed by atoms with Gasteiger partial charge in [0.2, 0.25) is 10.0 Å². The Kier molecular flexibility index (Phi) is 4.72. The third-order valence-electron chi connectivity index (χ3n) is 3.36. The van der Waals surface area contributed by atoms with Gasteiger partial charge in [-0.25, -0.2) is 13.1 Å². The zero-order chi connectivity index (χ0) is 17.0. The van der Waals surface area contributed by atoms with E-state index in [1.165, 1.54) is 0 Å². The van der Waals surface area contributed by atoms with Crippen LogP contribution < -0.4 is 10.0 Å². The Morgan fingerprint density at radius 2 is 1.88 bits per heavy atom. The average molecular weight is 346 g/mol. The van der Waals surface area contributed by atoms with Gasteiger partial charge in [-0.2, -0.15) is 4.52 Å². The summed E-state index contributed by atoms with van der Waals surface area (Å²) in [5.41, 5.74) is 1.77. The minimum Gasteiger partial charge on any atom is -0.365 e. The number of fused-ring (bicyclic) bond motifs is 1. The molecular formula is C15H18N6O2S. The van der Waals surface area contributed by atoms with Crippen LogP contribution in [0.1, 0.15) is 11.4 Å². The molecule has 1 aromatic carbocycles. The van der Waals surface area contributed by atoms with Gasteiger partial charge < -0.3 is 5.32 Å². The molecule has 0 fully saturated rings. The second kappa shape index (κ2) is 6.93. The number of hydrogen-bond donors (Lipinski definition) is 2. The summed E-state index contributed by atoms with van der Waals surface area (Å²) in [5.74, 6) is 1.30. The van der Waals surface area contributed by atoms with Gasteiger partial charge in [0.25, 0.3) is 0 Å². The lowest BCUT2D eigenvalue weighted by atomic mass is 10.2. The lowest BCUT2D eigenvalue weighted by Gasteiger charge is -2.06. The van der Waals surface area contributed by atoms with E-state index in [9.17, 15) is 8.42 Å². The van der Waals surface area contributed by atoms with Crippen LogP contribution in [0.25, 0.3) is 5.65 Å². The predicted molar refractivity (Wildman–Crippen MR) is 91.1 cm³/mol. The number of hydrogen-bond acceptors (Lipinski definition) is 6. The Bertz CT molecular complexity index is 924. The molecule has 24 heavy (non-hydrogen) atoms. The summed E-state index contributed by atoms with van der Waals surface area (Å²) in [6.45, 7) is 0.912. The normalized spacial score (nSPS) is 11.7. The quantitative estimate of drug-likeness (QED) is 0.657. The third-order valence-corrected chi connectivity index (χ3v) is 4.09. The van der Waals surface area contributed by atoms with Crippen LogP contribution in [0.3, 0.4) is 0 Å². The molecule has 0 aliphatic carbocycles. The van der Waals surface area contributed by atoms with E-state index in [1.54, 1.807) is 4.52 Å². The Hall–Kier alpha value is -2.52. The number of rotatable bonds is 7. The predicted octanol–water partition coefficient (Wildman–Crippen LogP) is 0.828. The average Bonchev–Trinajstić information content (AvgIpc) is 2.95. The van der Waals surface area contributed by atoms with Crippen molar-refractivity contribution in [2.75, 3.05) is 18.1 Å². The Morgan fingerprint density at radius 3 is 2.62 bits per heavy atom. The lowest BCUT2D eigenvalue weighted by molar-refractivity contribution is 0.586. The zero-order valence-electron chi connectivity index (χ0n) is 13.2. The summed E-state index contributed by atoms with van der Waals surface area (Å²) in [4.78, 5) is 0. The fourth-order valence-electron chi connectivity index (χ4n) is 2.22. The maximum Gasteiger partial charge on any atom is 0.208 e. The van der Waals surface area contributed by atoms with Crippen molar-refractivity contribution in [2.45, 2.75) is 13.0 Å². The molecule has 0 bridgehead atoms. The number of benzene rings is 1.